The largest absolute Gasteiger partial charge is 0.377 e. The van der Waals surface area contributed by atoms with Crippen molar-refractivity contribution in [1.82, 2.24) is 0 Å². The molecule has 0 radical (unpaired) electrons. The quantitative estimate of drug-likeness (QED) is 0.562. The predicted molar refractivity (Wildman–Crippen MR) is 104 cm³/mol. The monoisotopic (exact) mass is 386 g/mol. The van der Waals surface area contributed by atoms with Crippen LogP contribution in [0.4, 0.5) is 13.2 Å². The van der Waals surface area contributed by atoms with E-state index in [0.29, 0.717) is 24.7 Å². The molecule has 148 valence electrons. The molecule has 3 rings (SSSR count). The Balaban J connectivity index is 1.61. The number of aryl methyl sites for hydroxylation is 1. The SMILES string of the molecule is CCOCc1ccc(C2CCC(C#Cc3ccc(C)c(F)c3F)CC2)cc1F. The molecule has 1 aliphatic carbocycles. The van der Waals surface area contributed by atoms with E-state index < -0.39 is 11.6 Å². The van der Waals surface area contributed by atoms with Crippen molar-refractivity contribution in [2.24, 2.45) is 5.92 Å². The van der Waals surface area contributed by atoms with Crippen molar-refractivity contribution in [3.8, 4) is 11.8 Å². The standard InChI is InChI=1S/C24H25F3O/c1-3-28-15-21-13-12-20(14-22(21)25)18-9-5-17(6-10-18)7-11-19-8-4-16(2)23(26)24(19)27/h4,8,12-14,17-18H,3,5-6,9-10,15H2,1-2H3. The normalized spacial score (nSPS) is 19.2. The Kier molecular flexibility index (Phi) is 6.80. The van der Waals surface area contributed by atoms with E-state index in [1.807, 2.05) is 13.0 Å². The first kappa shape index (κ1) is 20.5. The third-order valence-electron chi connectivity index (χ3n) is 5.42. The first-order valence-corrected chi connectivity index (χ1v) is 9.81. The molecule has 0 saturated heterocycles. The van der Waals surface area contributed by atoms with Crippen LogP contribution in [-0.4, -0.2) is 6.61 Å². The van der Waals surface area contributed by atoms with Gasteiger partial charge < -0.3 is 4.74 Å². The van der Waals surface area contributed by atoms with Gasteiger partial charge >= 0.3 is 0 Å². The highest BCUT2D eigenvalue weighted by molar-refractivity contribution is 5.38. The van der Waals surface area contributed by atoms with Gasteiger partial charge in [-0.3, -0.25) is 0 Å². The molecule has 0 spiro atoms. The van der Waals surface area contributed by atoms with E-state index in [0.717, 1.165) is 31.2 Å². The molecule has 0 aliphatic heterocycles. The van der Waals surface area contributed by atoms with Gasteiger partial charge in [0.2, 0.25) is 0 Å². The van der Waals surface area contributed by atoms with Gasteiger partial charge in [0, 0.05) is 18.1 Å². The van der Waals surface area contributed by atoms with E-state index in [1.54, 1.807) is 18.2 Å². The van der Waals surface area contributed by atoms with Gasteiger partial charge in [-0.25, -0.2) is 13.2 Å². The van der Waals surface area contributed by atoms with Crippen LogP contribution in [0.3, 0.4) is 0 Å². The fourth-order valence-corrected chi connectivity index (χ4v) is 3.64. The van der Waals surface area contributed by atoms with Crippen molar-refractivity contribution in [3.63, 3.8) is 0 Å². The lowest BCUT2D eigenvalue weighted by Gasteiger charge is -2.26. The molecule has 0 unspecified atom stereocenters. The van der Waals surface area contributed by atoms with Crippen LogP contribution in [0.5, 0.6) is 0 Å². The molecule has 0 amide bonds. The Bertz CT molecular complexity index is 887. The zero-order valence-corrected chi connectivity index (χ0v) is 16.3. The first-order valence-electron chi connectivity index (χ1n) is 9.81. The van der Waals surface area contributed by atoms with Crippen LogP contribution in [-0.2, 0) is 11.3 Å². The van der Waals surface area contributed by atoms with E-state index in [9.17, 15) is 13.2 Å². The molecule has 4 heteroatoms. The summed E-state index contributed by atoms with van der Waals surface area (Å²) in [4.78, 5) is 0. The highest BCUT2D eigenvalue weighted by atomic mass is 19.2. The van der Waals surface area contributed by atoms with E-state index >= 15 is 0 Å². The van der Waals surface area contributed by atoms with Crippen molar-refractivity contribution in [3.05, 3.63) is 70.0 Å². The Morgan fingerprint density at radius 1 is 1.00 bits per heavy atom. The van der Waals surface area contributed by atoms with Crippen LogP contribution < -0.4 is 0 Å². The fourth-order valence-electron chi connectivity index (χ4n) is 3.64. The number of hydrogen-bond acceptors (Lipinski definition) is 1. The van der Waals surface area contributed by atoms with Crippen molar-refractivity contribution >= 4 is 0 Å². The summed E-state index contributed by atoms with van der Waals surface area (Å²) in [6.45, 7) is 4.27. The maximum Gasteiger partial charge on any atom is 0.174 e. The van der Waals surface area contributed by atoms with E-state index in [1.165, 1.54) is 13.0 Å². The third kappa shape index (κ3) is 4.77. The van der Waals surface area contributed by atoms with Crippen LogP contribution in [0.15, 0.2) is 30.3 Å². The highest BCUT2D eigenvalue weighted by Gasteiger charge is 2.22. The average Bonchev–Trinajstić information content (AvgIpc) is 2.71. The highest BCUT2D eigenvalue weighted by Crippen LogP contribution is 2.36. The Hall–Kier alpha value is -2.25. The molecule has 1 nitrogen and oxygen atoms in total. The average molecular weight is 386 g/mol. The van der Waals surface area contributed by atoms with Crippen molar-refractivity contribution < 1.29 is 17.9 Å². The minimum Gasteiger partial charge on any atom is -0.377 e. The van der Waals surface area contributed by atoms with E-state index in [4.69, 9.17) is 4.74 Å². The summed E-state index contributed by atoms with van der Waals surface area (Å²) in [5.41, 5.74) is 1.98. The zero-order chi connectivity index (χ0) is 20.1. The topological polar surface area (TPSA) is 9.23 Å². The molecule has 2 aromatic rings. The van der Waals surface area contributed by atoms with Gasteiger partial charge in [-0.2, -0.15) is 0 Å². The molecule has 0 bridgehead atoms. The summed E-state index contributed by atoms with van der Waals surface area (Å²) in [7, 11) is 0. The molecule has 1 aliphatic rings. The lowest BCUT2D eigenvalue weighted by molar-refractivity contribution is 0.131. The molecular weight excluding hydrogens is 361 g/mol. The fraction of sp³-hybridized carbons (Fsp3) is 0.417. The van der Waals surface area contributed by atoms with Crippen LogP contribution >= 0.6 is 0 Å². The lowest BCUT2D eigenvalue weighted by Crippen LogP contribution is -2.12. The second-order valence-corrected chi connectivity index (χ2v) is 7.36. The van der Waals surface area contributed by atoms with Crippen molar-refractivity contribution in [2.75, 3.05) is 6.61 Å². The molecule has 2 aromatic carbocycles. The van der Waals surface area contributed by atoms with Gasteiger partial charge in [-0.15, -0.1) is 0 Å². The summed E-state index contributed by atoms with van der Waals surface area (Å²) in [6.07, 6.45) is 3.56. The Morgan fingerprint density at radius 2 is 1.75 bits per heavy atom. The number of halogens is 3. The molecule has 1 fully saturated rings. The maximum absolute atomic E-state index is 14.2. The maximum atomic E-state index is 14.2. The second kappa shape index (κ2) is 9.30. The van der Waals surface area contributed by atoms with Gasteiger partial charge in [-0.05, 0) is 68.7 Å². The zero-order valence-electron chi connectivity index (χ0n) is 16.3. The van der Waals surface area contributed by atoms with Crippen molar-refractivity contribution in [2.45, 2.75) is 52.1 Å². The molecule has 0 atom stereocenters. The summed E-state index contributed by atoms with van der Waals surface area (Å²) >= 11 is 0. The van der Waals surface area contributed by atoms with Crippen LogP contribution in [0.2, 0.25) is 0 Å². The van der Waals surface area contributed by atoms with Crippen LogP contribution in [0.25, 0.3) is 0 Å². The Morgan fingerprint density at radius 3 is 2.43 bits per heavy atom. The molecule has 0 heterocycles. The molecular formula is C24H25F3O. The Labute approximate surface area is 164 Å². The molecule has 0 aromatic heterocycles. The van der Waals surface area contributed by atoms with Crippen LogP contribution in [0, 0.1) is 42.1 Å². The van der Waals surface area contributed by atoms with Gasteiger partial charge in [0.25, 0.3) is 0 Å². The van der Waals surface area contributed by atoms with E-state index in [2.05, 4.69) is 11.8 Å². The minimum absolute atomic E-state index is 0.109. The first-order chi connectivity index (χ1) is 13.5. The number of ether oxygens (including phenoxy) is 1. The number of hydrogen-bond donors (Lipinski definition) is 0. The molecule has 1 saturated carbocycles. The summed E-state index contributed by atoms with van der Waals surface area (Å²) < 4.78 is 47.1. The molecule has 0 N–H and O–H groups in total. The second-order valence-electron chi connectivity index (χ2n) is 7.36. The third-order valence-corrected chi connectivity index (χ3v) is 5.42. The predicted octanol–water partition coefficient (Wildman–Crippen LogP) is 6.27. The van der Waals surface area contributed by atoms with Crippen molar-refractivity contribution in [1.29, 1.82) is 0 Å². The summed E-state index contributed by atoms with van der Waals surface area (Å²) in [5.74, 6) is 4.44. The van der Waals surface area contributed by atoms with Gasteiger partial charge in [0.05, 0.1) is 12.2 Å². The molecule has 28 heavy (non-hydrogen) atoms. The lowest BCUT2D eigenvalue weighted by atomic mass is 9.78. The van der Waals surface area contributed by atoms with Gasteiger partial charge in [0.15, 0.2) is 11.6 Å². The van der Waals surface area contributed by atoms with E-state index in [-0.39, 0.29) is 22.9 Å². The van der Waals surface area contributed by atoms with Crippen LogP contribution in [0.1, 0.15) is 60.8 Å². The number of benzene rings is 2. The summed E-state index contributed by atoms with van der Waals surface area (Å²) in [5, 5.41) is 0. The summed E-state index contributed by atoms with van der Waals surface area (Å²) in [6, 6.07) is 8.48. The van der Waals surface area contributed by atoms with Gasteiger partial charge in [-0.1, -0.05) is 30.0 Å². The smallest absolute Gasteiger partial charge is 0.174 e. The van der Waals surface area contributed by atoms with Gasteiger partial charge in [0.1, 0.15) is 5.82 Å². The minimum atomic E-state index is -0.871. The number of rotatable bonds is 4.